The Bertz CT molecular complexity index is 821. The fraction of sp³-hybridized carbons (Fsp3) is 0.133. The highest BCUT2D eigenvalue weighted by Gasteiger charge is 2.13. The van der Waals surface area contributed by atoms with E-state index in [1.165, 1.54) is 12.3 Å². The number of aromatic carboxylic acids is 1. The van der Waals surface area contributed by atoms with E-state index in [4.69, 9.17) is 4.42 Å². The largest absolute Gasteiger partial charge is 0.478 e. The summed E-state index contributed by atoms with van der Waals surface area (Å²) in [6, 6.07) is 6.91. The lowest BCUT2D eigenvalue weighted by Gasteiger charge is -2.04. The normalized spacial score (nSPS) is 10.9. The lowest BCUT2D eigenvalue weighted by Crippen LogP contribution is -1.98. The molecule has 2 aromatic heterocycles. The average molecular weight is 268 g/mol. The lowest BCUT2D eigenvalue weighted by molar-refractivity contribution is 0.0699. The number of fused-ring (bicyclic) bond motifs is 1. The second-order valence-electron chi connectivity index (χ2n) is 4.54. The van der Waals surface area contributed by atoms with E-state index < -0.39 is 5.97 Å². The number of carbonyl (C=O) groups is 1. The molecule has 2 heterocycles. The second-order valence-corrected chi connectivity index (χ2v) is 4.54. The van der Waals surface area contributed by atoms with Crippen LogP contribution in [0.2, 0.25) is 0 Å². The maximum Gasteiger partial charge on any atom is 0.336 e. The van der Waals surface area contributed by atoms with E-state index in [1.807, 2.05) is 13.0 Å². The third kappa shape index (κ3) is 1.93. The van der Waals surface area contributed by atoms with Crippen molar-refractivity contribution in [3.8, 4) is 11.3 Å². The Morgan fingerprint density at radius 2 is 2.05 bits per heavy atom. The minimum absolute atomic E-state index is 0.228. The Morgan fingerprint density at radius 1 is 1.25 bits per heavy atom. The molecule has 5 nitrogen and oxygen atoms in total. The number of oxazole rings is 1. The van der Waals surface area contributed by atoms with E-state index in [-0.39, 0.29) is 5.56 Å². The Morgan fingerprint density at radius 3 is 2.70 bits per heavy atom. The van der Waals surface area contributed by atoms with Crippen LogP contribution in [0.15, 0.2) is 34.9 Å². The Hall–Kier alpha value is -2.69. The van der Waals surface area contributed by atoms with Gasteiger partial charge in [0.05, 0.1) is 16.8 Å². The number of hydrogen-bond donors (Lipinski definition) is 1. The molecular weight excluding hydrogens is 256 g/mol. The quantitative estimate of drug-likeness (QED) is 0.772. The van der Waals surface area contributed by atoms with E-state index in [9.17, 15) is 9.90 Å². The highest BCUT2D eigenvalue weighted by Crippen LogP contribution is 2.28. The van der Waals surface area contributed by atoms with Crippen molar-refractivity contribution in [3.63, 3.8) is 0 Å². The van der Waals surface area contributed by atoms with Gasteiger partial charge in [0.2, 0.25) is 0 Å². The summed E-state index contributed by atoms with van der Waals surface area (Å²) in [6.07, 6.45) is 1.50. The van der Waals surface area contributed by atoms with Crippen LogP contribution in [0.25, 0.3) is 22.2 Å². The Labute approximate surface area is 114 Å². The van der Waals surface area contributed by atoms with Crippen molar-refractivity contribution in [2.24, 2.45) is 0 Å². The van der Waals surface area contributed by atoms with Crippen LogP contribution in [0.3, 0.4) is 0 Å². The third-order valence-corrected chi connectivity index (χ3v) is 3.14. The van der Waals surface area contributed by atoms with E-state index >= 15 is 0 Å². The van der Waals surface area contributed by atoms with E-state index in [1.54, 1.807) is 19.1 Å². The predicted molar refractivity (Wildman–Crippen MR) is 73.7 cm³/mol. The molecule has 3 rings (SSSR count). The van der Waals surface area contributed by atoms with Crippen molar-refractivity contribution >= 4 is 16.9 Å². The zero-order valence-corrected chi connectivity index (χ0v) is 11.0. The van der Waals surface area contributed by atoms with Gasteiger partial charge in [-0.2, -0.15) is 0 Å². The van der Waals surface area contributed by atoms with E-state index in [0.29, 0.717) is 22.6 Å². The van der Waals surface area contributed by atoms with Gasteiger partial charge in [-0.15, -0.1) is 0 Å². The number of benzene rings is 1. The van der Waals surface area contributed by atoms with Gasteiger partial charge in [0.1, 0.15) is 0 Å². The van der Waals surface area contributed by atoms with Crippen LogP contribution in [0.5, 0.6) is 0 Å². The summed E-state index contributed by atoms with van der Waals surface area (Å²) in [5, 5.41) is 9.83. The van der Waals surface area contributed by atoms with Crippen LogP contribution in [-0.2, 0) is 0 Å². The van der Waals surface area contributed by atoms with Crippen LogP contribution < -0.4 is 0 Å². The van der Waals surface area contributed by atoms with Crippen molar-refractivity contribution in [1.29, 1.82) is 0 Å². The minimum Gasteiger partial charge on any atom is -0.478 e. The lowest BCUT2D eigenvalue weighted by atomic mass is 10.0. The molecule has 0 saturated carbocycles. The molecule has 1 N–H and O–H groups in total. The molecule has 0 saturated heterocycles. The monoisotopic (exact) mass is 268 g/mol. The summed E-state index contributed by atoms with van der Waals surface area (Å²) in [6.45, 7) is 3.64. The number of hydrogen-bond acceptors (Lipinski definition) is 4. The summed E-state index contributed by atoms with van der Waals surface area (Å²) in [4.78, 5) is 19.7. The molecule has 0 aliphatic rings. The summed E-state index contributed by atoms with van der Waals surface area (Å²) >= 11 is 0. The molecule has 0 amide bonds. The molecule has 5 heteroatoms. The minimum atomic E-state index is -0.972. The summed E-state index contributed by atoms with van der Waals surface area (Å²) < 4.78 is 5.57. The molecule has 100 valence electrons. The molecule has 0 aliphatic heterocycles. The highest BCUT2D eigenvalue weighted by molar-refractivity contribution is 6.03. The maximum absolute atomic E-state index is 11.3. The average Bonchev–Trinajstić information content (AvgIpc) is 2.76. The molecule has 1 aromatic carbocycles. The highest BCUT2D eigenvalue weighted by atomic mass is 16.4. The van der Waals surface area contributed by atoms with Gasteiger partial charge in [-0.1, -0.05) is 0 Å². The summed E-state index contributed by atoms with van der Waals surface area (Å²) in [5.74, 6) is 0.270. The molecule has 0 radical (unpaired) electrons. The maximum atomic E-state index is 11.3. The first-order valence-electron chi connectivity index (χ1n) is 6.13. The zero-order chi connectivity index (χ0) is 14.3. The van der Waals surface area contributed by atoms with Gasteiger partial charge in [-0.25, -0.2) is 9.78 Å². The van der Waals surface area contributed by atoms with Gasteiger partial charge in [-0.05, 0) is 31.2 Å². The summed E-state index contributed by atoms with van der Waals surface area (Å²) in [7, 11) is 0. The molecule has 0 spiro atoms. The summed E-state index contributed by atoms with van der Waals surface area (Å²) in [5.41, 5.74) is 2.45. The van der Waals surface area contributed by atoms with Crippen molar-refractivity contribution < 1.29 is 14.3 Å². The molecule has 0 atom stereocenters. The number of carboxylic acid groups (broad SMARTS) is 1. The van der Waals surface area contributed by atoms with Crippen LogP contribution >= 0.6 is 0 Å². The van der Waals surface area contributed by atoms with Crippen molar-refractivity contribution in [3.05, 3.63) is 47.6 Å². The molecule has 3 aromatic rings. The van der Waals surface area contributed by atoms with Crippen LogP contribution in [-0.4, -0.2) is 21.0 Å². The molecule has 0 fully saturated rings. The van der Waals surface area contributed by atoms with Gasteiger partial charge in [0.25, 0.3) is 0 Å². The number of carboxylic acids is 1. The van der Waals surface area contributed by atoms with Crippen molar-refractivity contribution in [1.82, 2.24) is 9.97 Å². The smallest absolute Gasteiger partial charge is 0.336 e. The molecule has 0 unspecified atom stereocenters. The molecule has 0 aliphatic carbocycles. The fourth-order valence-electron chi connectivity index (χ4n) is 2.27. The van der Waals surface area contributed by atoms with Crippen LogP contribution in [0, 0.1) is 13.8 Å². The Balaban J connectivity index is 2.27. The first kappa shape index (κ1) is 12.3. The van der Waals surface area contributed by atoms with E-state index in [0.717, 1.165) is 11.3 Å². The fourth-order valence-corrected chi connectivity index (χ4v) is 2.27. The number of rotatable bonds is 2. The van der Waals surface area contributed by atoms with Gasteiger partial charge in [0, 0.05) is 24.1 Å². The molecule has 20 heavy (non-hydrogen) atoms. The first-order valence-corrected chi connectivity index (χ1v) is 6.13. The first-order chi connectivity index (χ1) is 9.56. The predicted octanol–water partition coefficient (Wildman–Crippen LogP) is 3.20. The Kier molecular flexibility index (Phi) is 2.75. The van der Waals surface area contributed by atoms with E-state index in [2.05, 4.69) is 9.97 Å². The molecule has 0 bridgehead atoms. The van der Waals surface area contributed by atoms with Crippen molar-refractivity contribution in [2.75, 3.05) is 0 Å². The zero-order valence-electron chi connectivity index (χ0n) is 11.0. The van der Waals surface area contributed by atoms with Gasteiger partial charge in [0.15, 0.2) is 11.7 Å². The van der Waals surface area contributed by atoms with Gasteiger partial charge < -0.3 is 9.52 Å². The number of nitrogens with zero attached hydrogens (tertiary/aromatic N) is 2. The topological polar surface area (TPSA) is 76.2 Å². The number of aryl methyl sites for hydroxylation is 2. The second kappa shape index (κ2) is 4.45. The van der Waals surface area contributed by atoms with Crippen molar-refractivity contribution in [2.45, 2.75) is 13.8 Å². The van der Waals surface area contributed by atoms with Crippen LogP contribution in [0.1, 0.15) is 21.9 Å². The molecular formula is C15H12N2O3. The van der Waals surface area contributed by atoms with Crippen LogP contribution in [0.4, 0.5) is 0 Å². The van der Waals surface area contributed by atoms with Gasteiger partial charge >= 0.3 is 5.97 Å². The third-order valence-electron chi connectivity index (χ3n) is 3.14. The number of pyridine rings is 1. The van der Waals surface area contributed by atoms with Gasteiger partial charge in [-0.3, -0.25) is 4.98 Å². The SMILES string of the molecule is Cc1nc(C)c(-c2ccc3nccc(C(=O)O)c3c2)o1. The number of aromatic nitrogens is 2. The standard InChI is InChI=1S/C15H12N2O3/c1-8-14(20-9(2)17-8)10-3-4-13-12(7-10)11(15(18)19)5-6-16-13/h3-7H,1-2H3,(H,18,19).